The van der Waals surface area contributed by atoms with E-state index in [9.17, 15) is 0 Å². The van der Waals surface area contributed by atoms with E-state index in [1.54, 1.807) is 0 Å². The van der Waals surface area contributed by atoms with Gasteiger partial charge in [-0.1, -0.05) is 24.3 Å². The fraction of sp³-hybridized carbons (Fsp3) is 0.0909. The minimum absolute atomic E-state index is 0.296. The highest BCUT2D eigenvalue weighted by molar-refractivity contribution is 5.83. The Labute approximate surface area is 155 Å². The van der Waals surface area contributed by atoms with Crippen LogP contribution in [0.15, 0.2) is 71.5 Å². The number of nitrogens with one attached hydrogen (secondary N) is 2. The predicted octanol–water partition coefficient (Wildman–Crippen LogP) is 5.08. The average molecular weight is 352 g/mol. The Balaban J connectivity index is 1.37. The summed E-state index contributed by atoms with van der Waals surface area (Å²) in [6.45, 7) is 0. The number of aromatic nitrogens is 3. The topological polar surface area (TPSA) is 66.7 Å². The van der Waals surface area contributed by atoms with Crippen molar-refractivity contribution in [1.82, 2.24) is 15.0 Å². The van der Waals surface area contributed by atoms with Crippen LogP contribution in [0.3, 0.4) is 0 Å². The molecule has 2 N–H and O–H groups in total. The monoisotopic (exact) mass is 352 g/mol. The van der Waals surface area contributed by atoms with Crippen LogP contribution in [0.2, 0.25) is 0 Å². The zero-order chi connectivity index (χ0) is 17.8. The summed E-state index contributed by atoms with van der Waals surface area (Å²) >= 11 is 0. The molecule has 6 rings (SSSR count). The molecule has 5 aromatic rings. The van der Waals surface area contributed by atoms with Crippen LogP contribution in [-0.2, 0) is 6.42 Å². The first-order valence-corrected chi connectivity index (χ1v) is 9.01. The van der Waals surface area contributed by atoms with Crippen molar-refractivity contribution in [3.63, 3.8) is 0 Å². The normalized spacial score (nSPS) is 15.9. The number of oxazole rings is 1. The fourth-order valence-electron chi connectivity index (χ4n) is 3.88. The molecule has 1 aliphatic heterocycles. The highest BCUT2D eigenvalue weighted by Gasteiger charge is 2.22. The number of fused-ring (bicyclic) bond motifs is 3. The lowest BCUT2D eigenvalue weighted by molar-refractivity contribution is 0.602. The number of anilines is 1. The number of H-pyrrole nitrogens is 1. The Bertz CT molecular complexity index is 1280. The molecule has 27 heavy (non-hydrogen) atoms. The molecule has 1 aliphatic rings. The van der Waals surface area contributed by atoms with Crippen molar-refractivity contribution >= 4 is 27.8 Å². The number of nitrogens with zero attached hydrogens (tertiary/aromatic N) is 2. The zero-order valence-corrected chi connectivity index (χ0v) is 14.4. The molecular weight excluding hydrogens is 336 g/mol. The van der Waals surface area contributed by atoms with Crippen LogP contribution in [0.25, 0.3) is 33.5 Å². The molecule has 0 fully saturated rings. The maximum atomic E-state index is 5.32. The molecule has 0 spiro atoms. The number of benzene rings is 3. The molecule has 2 aromatic heterocycles. The minimum atomic E-state index is 0.296. The number of rotatable bonds is 2. The van der Waals surface area contributed by atoms with Gasteiger partial charge >= 0.3 is 0 Å². The van der Waals surface area contributed by atoms with Crippen molar-refractivity contribution in [2.45, 2.75) is 12.5 Å². The highest BCUT2D eigenvalue weighted by atomic mass is 16.3. The van der Waals surface area contributed by atoms with E-state index < -0.39 is 0 Å². The quantitative estimate of drug-likeness (QED) is 0.465. The molecule has 1 atom stereocenters. The first-order chi connectivity index (χ1) is 13.3. The number of para-hydroxylation sites is 1. The maximum Gasteiger partial charge on any atom is 0.181 e. The molecular formula is C22H16N4O. The first kappa shape index (κ1) is 14.6. The lowest BCUT2D eigenvalue weighted by atomic mass is 10.0. The SMILES string of the molecule is c1ccc2c(c1)CC(c1ccc3nc(-c4ccc5ocnc5c4)[nH]c3c1)N2. The number of imidazole rings is 1. The van der Waals surface area contributed by atoms with Gasteiger partial charge in [0.25, 0.3) is 0 Å². The average Bonchev–Trinajstić information content (AvgIpc) is 3.42. The Morgan fingerprint density at radius 2 is 1.93 bits per heavy atom. The Hall–Kier alpha value is -3.60. The van der Waals surface area contributed by atoms with Crippen LogP contribution in [0.4, 0.5) is 5.69 Å². The van der Waals surface area contributed by atoms with Gasteiger partial charge in [-0.3, -0.25) is 0 Å². The van der Waals surface area contributed by atoms with Crippen LogP contribution in [0, 0.1) is 0 Å². The van der Waals surface area contributed by atoms with Crippen molar-refractivity contribution in [2.75, 3.05) is 5.32 Å². The summed E-state index contributed by atoms with van der Waals surface area (Å²) < 4.78 is 5.32. The van der Waals surface area contributed by atoms with Gasteiger partial charge in [0.2, 0.25) is 0 Å². The largest absolute Gasteiger partial charge is 0.443 e. The van der Waals surface area contributed by atoms with Crippen LogP contribution < -0.4 is 5.32 Å². The number of hydrogen-bond donors (Lipinski definition) is 2. The standard InChI is InChI=1S/C22H16N4O/c1-2-4-16-13(3-1)9-18(24-16)14-5-7-17-19(10-14)26-22(25-17)15-6-8-21-20(11-15)23-12-27-21/h1-8,10-12,18,24H,9H2,(H,25,26). The molecule has 3 aromatic carbocycles. The summed E-state index contributed by atoms with van der Waals surface area (Å²) in [4.78, 5) is 12.4. The maximum absolute atomic E-state index is 5.32. The molecule has 5 nitrogen and oxygen atoms in total. The van der Waals surface area contributed by atoms with E-state index in [0.29, 0.717) is 6.04 Å². The van der Waals surface area contributed by atoms with Gasteiger partial charge in [-0.15, -0.1) is 0 Å². The third kappa shape index (κ3) is 2.32. The van der Waals surface area contributed by atoms with Crippen molar-refractivity contribution in [3.8, 4) is 11.4 Å². The summed E-state index contributed by atoms with van der Waals surface area (Å²) in [7, 11) is 0. The van der Waals surface area contributed by atoms with E-state index in [0.717, 1.165) is 39.9 Å². The van der Waals surface area contributed by atoms with Gasteiger partial charge in [-0.2, -0.15) is 0 Å². The van der Waals surface area contributed by atoms with E-state index >= 15 is 0 Å². The summed E-state index contributed by atoms with van der Waals surface area (Å²) in [6.07, 6.45) is 2.47. The second-order valence-corrected chi connectivity index (χ2v) is 6.96. The van der Waals surface area contributed by atoms with Crippen molar-refractivity contribution in [1.29, 1.82) is 0 Å². The molecule has 0 aliphatic carbocycles. The van der Waals surface area contributed by atoms with Crippen molar-refractivity contribution in [2.24, 2.45) is 0 Å². The second kappa shape index (κ2) is 5.45. The molecule has 130 valence electrons. The lowest BCUT2D eigenvalue weighted by Gasteiger charge is -2.11. The van der Waals surface area contributed by atoms with Crippen molar-refractivity contribution < 1.29 is 4.42 Å². The Morgan fingerprint density at radius 1 is 0.963 bits per heavy atom. The van der Waals surface area contributed by atoms with Gasteiger partial charge in [0.05, 0.1) is 17.1 Å². The number of aromatic amines is 1. The van der Waals surface area contributed by atoms with Gasteiger partial charge in [0, 0.05) is 11.3 Å². The van der Waals surface area contributed by atoms with Gasteiger partial charge in [-0.05, 0) is 53.9 Å². The van der Waals surface area contributed by atoms with E-state index in [2.05, 4.69) is 57.7 Å². The van der Waals surface area contributed by atoms with Gasteiger partial charge in [-0.25, -0.2) is 9.97 Å². The van der Waals surface area contributed by atoms with E-state index in [1.165, 1.54) is 23.2 Å². The first-order valence-electron chi connectivity index (χ1n) is 9.01. The predicted molar refractivity (Wildman–Crippen MR) is 106 cm³/mol. The summed E-state index contributed by atoms with van der Waals surface area (Å²) in [6, 6.07) is 21.2. The molecule has 1 unspecified atom stereocenters. The molecule has 0 saturated carbocycles. The summed E-state index contributed by atoms with van der Waals surface area (Å²) in [5.74, 6) is 0.842. The molecule has 0 saturated heterocycles. The Kier molecular flexibility index (Phi) is 2.94. The fourth-order valence-corrected chi connectivity index (χ4v) is 3.88. The summed E-state index contributed by atoms with van der Waals surface area (Å²) in [5, 5.41) is 3.62. The number of hydrogen-bond acceptors (Lipinski definition) is 4. The molecule has 0 radical (unpaired) electrons. The molecule has 5 heteroatoms. The van der Waals surface area contributed by atoms with Gasteiger partial charge in [0.15, 0.2) is 12.0 Å². The van der Waals surface area contributed by atoms with E-state index in [4.69, 9.17) is 9.40 Å². The second-order valence-electron chi connectivity index (χ2n) is 6.96. The van der Waals surface area contributed by atoms with E-state index in [-0.39, 0.29) is 0 Å². The van der Waals surface area contributed by atoms with Gasteiger partial charge in [0.1, 0.15) is 11.3 Å². The molecule has 0 bridgehead atoms. The van der Waals surface area contributed by atoms with Crippen LogP contribution in [-0.4, -0.2) is 15.0 Å². The van der Waals surface area contributed by atoms with Crippen molar-refractivity contribution in [3.05, 3.63) is 78.2 Å². The molecule has 0 amide bonds. The molecule has 3 heterocycles. The smallest absolute Gasteiger partial charge is 0.181 e. The van der Waals surface area contributed by atoms with Crippen LogP contribution in [0.1, 0.15) is 17.2 Å². The highest BCUT2D eigenvalue weighted by Crippen LogP contribution is 2.35. The third-order valence-corrected chi connectivity index (χ3v) is 5.28. The Morgan fingerprint density at radius 3 is 2.89 bits per heavy atom. The van der Waals surface area contributed by atoms with Gasteiger partial charge < -0.3 is 14.7 Å². The zero-order valence-electron chi connectivity index (χ0n) is 14.4. The third-order valence-electron chi connectivity index (χ3n) is 5.28. The van der Waals surface area contributed by atoms with Crippen LogP contribution in [0.5, 0.6) is 0 Å². The summed E-state index contributed by atoms with van der Waals surface area (Å²) in [5.41, 5.74) is 8.49. The minimum Gasteiger partial charge on any atom is -0.443 e. The van der Waals surface area contributed by atoms with Crippen LogP contribution >= 0.6 is 0 Å². The van der Waals surface area contributed by atoms with E-state index in [1.807, 2.05) is 18.2 Å². The lowest BCUT2D eigenvalue weighted by Crippen LogP contribution is -2.05.